The third-order valence-corrected chi connectivity index (χ3v) is 3.93. The summed E-state index contributed by atoms with van der Waals surface area (Å²) in [5.41, 5.74) is 0.818. The molecule has 0 aromatic heterocycles. The van der Waals surface area contributed by atoms with Crippen LogP contribution in [-0.2, 0) is 14.3 Å². The number of rotatable bonds is 6. The van der Waals surface area contributed by atoms with Gasteiger partial charge in [0.25, 0.3) is 11.6 Å². The van der Waals surface area contributed by atoms with Gasteiger partial charge in [0.2, 0.25) is 0 Å². The highest BCUT2D eigenvalue weighted by molar-refractivity contribution is 6.35. The van der Waals surface area contributed by atoms with Crippen LogP contribution in [0.25, 0.3) is 6.08 Å². The van der Waals surface area contributed by atoms with Crippen LogP contribution in [0.15, 0.2) is 48.5 Å². The van der Waals surface area contributed by atoms with Gasteiger partial charge in [0.15, 0.2) is 6.10 Å². The average molecular weight is 409 g/mol. The van der Waals surface area contributed by atoms with E-state index in [0.29, 0.717) is 21.3 Å². The van der Waals surface area contributed by atoms with Gasteiger partial charge in [0.05, 0.1) is 15.6 Å². The number of amides is 1. The Morgan fingerprint density at radius 3 is 2.48 bits per heavy atom. The number of nitro benzene ring substituents is 1. The van der Waals surface area contributed by atoms with E-state index in [-0.39, 0.29) is 5.69 Å². The maximum absolute atomic E-state index is 12.1. The van der Waals surface area contributed by atoms with Crippen LogP contribution >= 0.6 is 23.2 Å². The predicted molar refractivity (Wildman–Crippen MR) is 103 cm³/mol. The summed E-state index contributed by atoms with van der Waals surface area (Å²) < 4.78 is 5.02. The summed E-state index contributed by atoms with van der Waals surface area (Å²) in [6.07, 6.45) is 1.47. The zero-order valence-electron chi connectivity index (χ0n) is 14.0. The summed E-state index contributed by atoms with van der Waals surface area (Å²) in [5, 5.41) is 13.8. The number of non-ortho nitro benzene ring substituents is 1. The predicted octanol–water partition coefficient (Wildman–Crippen LogP) is 4.49. The van der Waals surface area contributed by atoms with Crippen molar-refractivity contribution in [1.82, 2.24) is 0 Å². The molecule has 0 aliphatic heterocycles. The van der Waals surface area contributed by atoms with Gasteiger partial charge in [-0.05, 0) is 48.9 Å². The number of hydrogen-bond acceptors (Lipinski definition) is 5. The zero-order chi connectivity index (χ0) is 20.0. The number of hydrogen-bond donors (Lipinski definition) is 1. The molecule has 27 heavy (non-hydrogen) atoms. The summed E-state index contributed by atoms with van der Waals surface area (Å²) in [7, 11) is 0. The van der Waals surface area contributed by atoms with Crippen LogP contribution in [0.3, 0.4) is 0 Å². The molecule has 0 aliphatic rings. The van der Waals surface area contributed by atoms with Gasteiger partial charge >= 0.3 is 5.97 Å². The maximum Gasteiger partial charge on any atom is 0.331 e. The molecular formula is C18H14Cl2N2O5. The van der Waals surface area contributed by atoms with Gasteiger partial charge in [0, 0.05) is 23.2 Å². The van der Waals surface area contributed by atoms with E-state index >= 15 is 0 Å². The Balaban J connectivity index is 1.93. The SMILES string of the molecule is C[C@H](OC(=O)/C=C/c1ccc([N+](=O)[O-])cc1)C(=O)Nc1cc(Cl)ccc1Cl. The lowest BCUT2D eigenvalue weighted by Gasteiger charge is -2.13. The first-order chi connectivity index (χ1) is 12.8. The fraction of sp³-hybridized carbons (Fsp3) is 0.111. The lowest BCUT2D eigenvalue weighted by molar-refractivity contribution is -0.384. The smallest absolute Gasteiger partial charge is 0.331 e. The number of esters is 1. The van der Waals surface area contributed by atoms with Crippen molar-refractivity contribution in [3.8, 4) is 0 Å². The second-order valence-corrected chi connectivity index (χ2v) is 6.22. The molecule has 1 N–H and O–H groups in total. The van der Waals surface area contributed by atoms with E-state index in [1.165, 1.54) is 49.4 Å². The second kappa shape index (κ2) is 9.16. The third kappa shape index (κ3) is 6.09. The summed E-state index contributed by atoms with van der Waals surface area (Å²) >= 11 is 11.8. The third-order valence-electron chi connectivity index (χ3n) is 3.36. The molecule has 0 saturated heterocycles. The van der Waals surface area contributed by atoms with Crippen LogP contribution < -0.4 is 5.32 Å². The minimum Gasteiger partial charge on any atom is -0.449 e. The molecule has 0 spiro atoms. The Morgan fingerprint density at radius 1 is 1.19 bits per heavy atom. The summed E-state index contributed by atoms with van der Waals surface area (Å²) in [4.78, 5) is 34.0. The number of carbonyl (C=O) groups is 2. The van der Waals surface area contributed by atoms with Crippen molar-refractivity contribution in [2.24, 2.45) is 0 Å². The fourth-order valence-corrected chi connectivity index (χ4v) is 2.30. The summed E-state index contributed by atoms with van der Waals surface area (Å²) in [6.45, 7) is 1.41. The van der Waals surface area contributed by atoms with Gasteiger partial charge < -0.3 is 10.1 Å². The van der Waals surface area contributed by atoms with E-state index < -0.39 is 22.9 Å². The Morgan fingerprint density at radius 2 is 1.85 bits per heavy atom. The van der Waals surface area contributed by atoms with Gasteiger partial charge in [-0.2, -0.15) is 0 Å². The Hall–Kier alpha value is -2.90. The molecule has 2 aromatic rings. The van der Waals surface area contributed by atoms with Crippen molar-refractivity contribution in [1.29, 1.82) is 0 Å². The molecule has 1 amide bonds. The van der Waals surface area contributed by atoms with Crippen LogP contribution in [0.4, 0.5) is 11.4 Å². The first-order valence-corrected chi connectivity index (χ1v) is 8.41. The number of nitro groups is 1. The van der Waals surface area contributed by atoms with E-state index in [0.717, 1.165) is 6.08 Å². The number of nitrogens with one attached hydrogen (secondary N) is 1. The van der Waals surface area contributed by atoms with Crippen molar-refractivity contribution in [2.75, 3.05) is 5.32 Å². The van der Waals surface area contributed by atoms with Gasteiger partial charge in [-0.25, -0.2) is 4.79 Å². The molecule has 9 heteroatoms. The molecular weight excluding hydrogens is 395 g/mol. The molecule has 7 nitrogen and oxygen atoms in total. The minimum atomic E-state index is -1.07. The highest BCUT2D eigenvalue weighted by Crippen LogP contribution is 2.25. The molecule has 1 atom stereocenters. The van der Waals surface area contributed by atoms with Crippen LogP contribution in [0.5, 0.6) is 0 Å². The van der Waals surface area contributed by atoms with Gasteiger partial charge in [-0.1, -0.05) is 23.2 Å². The number of halogens is 2. The first kappa shape index (κ1) is 20.4. The molecule has 2 rings (SSSR count). The Bertz CT molecular complexity index is 897. The van der Waals surface area contributed by atoms with Crippen molar-refractivity contribution >= 4 is 52.5 Å². The molecule has 0 heterocycles. The summed E-state index contributed by atoms with van der Waals surface area (Å²) in [6, 6.07) is 10.2. The number of carbonyl (C=O) groups excluding carboxylic acids is 2. The molecule has 0 bridgehead atoms. The molecule has 0 radical (unpaired) electrons. The van der Waals surface area contributed by atoms with Crippen molar-refractivity contribution in [3.05, 3.63) is 74.3 Å². The Labute approximate surface area is 164 Å². The van der Waals surface area contributed by atoms with E-state index in [1.54, 1.807) is 6.07 Å². The molecule has 2 aromatic carbocycles. The molecule has 140 valence electrons. The maximum atomic E-state index is 12.1. The van der Waals surface area contributed by atoms with E-state index in [2.05, 4.69) is 5.32 Å². The minimum absolute atomic E-state index is 0.0558. The van der Waals surface area contributed by atoms with E-state index in [1.807, 2.05) is 0 Å². The van der Waals surface area contributed by atoms with Gasteiger partial charge in [-0.15, -0.1) is 0 Å². The van der Waals surface area contributed by atoms with Crippen LogP contribution in [0.1, 0.15) is 12.5 Å². The molecule has 0 fully saturated rings. The fourth-order valence-electron chi connectivity index (χ4n) is 1.97. The number of nitrogens with zero attached hydrogens (tertiary/aromatic N) is 1. The van der Waals surface area contributed by atoms with Gasteiger partial charge in [0.1, 0.15) is 0 Å². The summed E-state index contributed by atoms with van der Waals surface area (Å²) in [5.74, 6) is -1.32. The van der Waals surface area contributed by atoms with E-state index in [9.17, 15) is 19.7 Å². The quantitative estimate of drug-likeness (QED) is 0.328. The average Bonchev–Trinajstić information content (AvgIpc) is 2.63. The molecule has 0 aliphatic carbocycles. The molecule has 0 unspecified atom stereocenters. The van der Waals surface area contributed by atoms with Crippen LogP contribution in [0.2, 0.25) is 10.0 Å². The monoisotopic (exact) mass is 408 g/mol. The van der Waals surface area contributed by atoms with Crippen molar-refractivity contribution in [3.63, 3.8) is 0 Å². The van der Waals surface area contributed by atoms with Crippen LogP contribution in [0, 0.1) is 10.1 Å². The number of ether oxygens (including phenoxy) is 1. The number of anilines is 1. The topological polar surface area (TPSA) is 98.5 Å². The number of benzene rings is 2. The van der Waals surface area contributed by atoms with Crippen LogP contribution in [-0.4, -0.2) is 22.9 Å². The highest BCUT2D eigenvalue weighted by Gasteiger charge is 2.18. The second-order valence-electron chi connectivity index (χ2n) is 5.37. The van der Waals surface area contributed by atoms with Crippen molar-refractivity contribution < 1.29 is 19.2 Å². The Kier molecular flexibility index (Phi) is 6.92. The largest absolute Gasteiger partial charge is 0.449 e. The van der Waals surface area contributed by atoms with Crippen molar-refractivity contribution in [2.45, 2.75) is 13.0 Å². The standard InChI is InChI=1S/C18H14Cl2N2O5/c1-11(18(24)21-16-10-13(19)5-8-15(16)20)27-17(23)9-4-12-2-6-14(7-3-12)22(25)26/h2-11H,1H3,(H,21,24)/b9-4+/t11-/m0/s1. The lowest BCUT2D eigenvalue weighted by atomic mass is 10.2. The lowest BCUT2D eigenvalue weighted by Crippen LogP contribution is -2.29. The van der Waals surface area contributed by atoms with E-state index in [4.69, 9.17) is 27.9 Å². The zero-order valence-corrected chi connectivity index (χ0v) is 15.5. The highest BCUT2D eigenvalue weighted by atomic mass is 35.5. The van der Waals surface area contributed by atoms with Gasteiger partial charge in [-0.3, -0.25) is 14.9 Å². The first-order valence-electron chi connectivity index (χ1n) is 7.65. The normalized spacial score (nSPS) is 11.8. The molecule has 0 saturated carbocycles.